The van der Waals surface area contributed by atoms with Gasteiger partial charge in [-0.15, -0.1) is 0 Å². The lowest BCUT2D eigenvalue weighted by molar-refractivity contribution is -0.137. The van der Waals surface area contributed by atoms with Gasteiger partial charge < -0.3 is 10.4 Å². The van der Waals surface area contributed by atoms with Gasteiger partial charge in [0.25, 0.3) is 0 Å². The lowest BCUT2D eigenvalue weighted by Gasteiger charge is -2.08. The van der Waals surface area contributed by atoms with Crippen LogP contribution in [0.25, 0.3) is 11.3 Å². The fraction of sp³-hybridized carbons (Fsp3) is 0.167. The second kappa shape index (κ2) is 5.12. The van der Waals surface area contributed by atoms with Crippen LogP contribution in [0.4, 0.5) is 18.9 Å². The summed E-state index contributed by atoms with van der Waals surface area (Å²) < 4.78 is 41.9. The Kier molecular flexibility index (Phi) is 3.67. The van der Waals surface area contributed by atoms with Crippen molar-refractivity contribution in [3.63, 3.8) is 0 Å². The summed E-state index contributed by atoms with van der Waals surface area (Å²) in [6.45, 7) is 0. The number of alkyl halides is 3. The minimum absolute atomic E-state index is 0.0417. The second-order valence-corrected chi connectivity index (χ2v) is 4.64. The van der Waals surface area contributed by atoms with Gasteiger partial charge in [-0.25, -0.2) is 4.79 Å². The average Bonchev–Trinajstić information content (AvgIpc) is 2.81. The highest BCUT2D eigenvalue weighted by Gasteiger charge is 2.31. The summed E-state index contributed by atoms with van der Waals surface area (Å²) in [7, 11) is 1.49. The monoisotopic (exact) mass is 302 g/mol. The molecule has 0 unspecified atom stereocenters. The van der Waals surface area contributed by atoms with Crippen molar-refractivity contribution in [2.75, 3.05) is 12.4 Å². The molecule has 0 aliphatic heterocycles. The average molecular weight is 302 g/mol. The maximum atomic E-state index is 12.7. The molecule has 1 heterocycles. The van der Waals surface area contributed by atoms with Crippen LogP contribution in [0.3, 0.4) is 0 Å². The fourth-order valence-electron chi connectivity index (χ4n) is 1.71. The third kappa shape index (κ3) is 2.60. The zero-order valence-electron chi connectivity index (χ0n) is 10.2. The third-order valence-electron chi connectivity index (χ3n) is 2.60. The number of carboxylic acids is 1. The van der Waals surface area contributed by atoms with E-state index in [0.717, 1.165) is 23.7 Å². The van der Waals surface area contributed by atoms with E-state index in [1.165, 1.54) is 19.2 Å². The molecule has 0 atom stereocenters. The van der Waals surface area contributed by atoms with E-state index in [0.29, 0.717) is 0 Å². The van der Waals surface area contributed by atoms with Crippen molar-refractivity contribution in [3.8, 4) is 11.3 Å². The van der Waals surface area contributed by atoms with Crippen LogP contribution in [0.15, 0.2) is 24.3 Å². The fourth-order valence-corrected chi connectivity index (χ4v) is 2.46. The van der Waals surface area contributed by atoms with Gasteiger partial charge in [-0.2, -0.15) is 17.5 Å². The molecule has 1 aromatic carbocycles. The first-order chi connectivity index (χ1) is 9.34. The lowest BCUT2D eigenvalue weighted by atomic mass is 10.1. The molecule has 0 aliphatic carbocycles. The Bertz CT molecular complexity index is 652. The molecule has 2 rings (SSSR count). The van der Waals surface area contributed by atoms with E-state index in [4.69, 9.17) is 5.11 Å². The van der Waals surface area contributed by atoms with Crippen LogP contribution in [0.1, 0.15) is 15.2 Å². The molecule has 0 fully saturated rings. The highest BCUT2D eigenvalue weighted by Crippen LogP contribution is 2.36. The second-order valence-electron chi connectivity index (χ2n) is 3.87. The first kappa shape index (κ1) is 14.3. The minimum Gasteiger partial charge on any atom is -0.477 e. The predicted octanol–water partition coefficient (Wildman–Crippen LogP) is 3.57. The van der Waals surface area contributed by atoms with Gasteiger partial charge in [0.15, 0.2) is 4.88 Å². The normalized spacial score (nSPS) is 11.4. The molecule has 0 radical (unpaired) electrons. The minimum atomic E-state index is -4.46. The Morgan fingerprint density at radius 2 is 2.10 bits per heavy atom. The zero-order chi connectivity index (χ0) is 14.9. The summed E-state index contributed by atoms with van der Waals surface area (Å²) in [5.41, 5.74) is -0.183. The van der Waals surface area contributed by atoms with E-state index >= 15 is 0 Å². The van der Waals surface area contributed by atoms with E-state index in [2.05, 4.69) is 9.69 Å². The van der Waals surface area contributed by atoms with Crippen LogP contribution in [0, 0.1) is 0 Å². The van der Waals surface area contributed by atoms with Crippen LogP contribution in [0.5, 0.6) is 0 Å². The first-order valence-electron chi connectivity index (χ1n) is 5.43. The maximum absolute atomic E-state index is 12.7. The Balaban J connectivity index is 2.55. The van der Waals surface area contributed by atoms with Gasteiger partial charge >= 0.3 is 12.1 Å². The van der Waals surface area contributed by atoms with E-state index < -0.39 is 17.7 Å². The van der Waals surface area contributed by atoms with Gasteiger partial charge in [0, 0.05) is 12.6 Å². The zero-order valence-corrected chi connectivity index (χ0v) is 11.0. The molecule has 0 bridgehead atoms. The number of aromatic carboxylic acids is 1. The molecule has 2 aromatic rings. The summed E-state index contributed by atoms with van der Waals surface area (Å²) in [6.07, 6.45) is -4.46. The van der Waals surface area contributed by atoms with Gasteiger partial charge in [0.1, 0.15) is 5.69 Å². The molecule has 0 saturated heterocycles. The van der Waals surface area contributed by atoms with Crippen LogP contribution >= 0.6 is 11.5 Å². The molecular formula is C12H9F3N2O2S. The molecule has 1 aromatic heterocycles. The van der Waals surface area contributed by atoms with Crippen LogP contribution in [-0.4, -0.2) is 22.5 Å². The van der Waals surface area contributed by atoms with Crippen molar-refractivity contribution in [1.82, 2.24) is 4.37 Å². The quantitative estimate of drug-likeness (QED) is 0.910. The molecule has 8 heteroatoms. The number of halogens is 3. The summed E-state index contributed by atoms with van der Waals surface area (Å²) in [6, 6.07) is 4.61. The lowest BCUT2D eigenvalue weighted by Crippen LogP contribution is -2.05. The van der Waals surface area contributed by atoms with Gasteiger partial charge in [-0.1, -0.05) is 12.1 Å². The molecule has 0 aliphatic rings. The number of hydrogen-bond acceptors (Lipinski definition) is 4. The summed E-state index contributed by atoms with van der Waals surface area (Å²) in [4.78, 5) is 11.0. The van der Waals surface area contributed by atoms with Crippen molar-refractivity contribution in [1.29, 1.82) is 0 Å². The Morgan fingerprint density at radius 3 is 2.65 bits per heavy atom. The number of nitrogens with zero attached hydrogens (tertiary/aromatic N) is 1. The molecule has 0 amide bonds. The Labute approximate surface area is 116 Å². The van der Waals surface area contributed by atoms with E-state index in [-0.39, 0.29) is 21.8 Å². The van der Waals surface area contributed by atoms with E-state index in [1.807, 2.05) is 0 Å². The summed E-state index contributed by atoms with van der Waals surface area (Å²) in [5.74, 6) is -1.18. The highest BCUT2D eigenvalue weighted by molar-refractivity contribution is 7.09. The summed E-state index contributed by atoms with van der Waals surface area (Å²) in [5, 5.41) is 11.7. The topological polar surface area (TPSA) is 62.2 Å². The smallest absolute Gasteiger partial charge is 0.416 e. The Morgan fingerprint density at radius 1 is 1.40 bits per heavy atom. The molecule has 106 valence electrons. The SMILES string of the molecule is CNc1c(-c2cccc(C(F)(F)F)c2)nsc1C(=O)O. The first-order valence-corrected chi connectivity index (χ1v) is 6.20. The number of rotatable bonds is 3. The van der Waals surface area contributed by atoms with E-state index in [9.17, 15) is 18.0 Å². The molecule has 4 nitrogen and oxygen atoms in total. The van der Waals surface area contributed by atoms with Crippen LogP contribution in [-0.2, 0) is 6.18 Å². The van der Waals surface area contributed by atoms with Crippen molar-refractivity contribution in [2.45, 2.75) is 6.18 Å². The number of hydrogen-bond donors (Lipinski definition) is 2. The third-order valence-corrected chi connectivity index (χ3v) is 3.43. The molecule has 0 saturated carbocycles. The van der Waals surface area contributed by atoms with Gasteiger partial charge in [-0.05, 0) is 23.7 Å². The number of aromatic nitrogens is 1. The largest absolute Gasteiger partial charge is 0.477 e. The molecular weight excluding hydrogens is 293 g/mol. The van der Waals surface area contributed by atoms with Crippen LogP contribution in [0.2, 0.25) is 0 Å². The number of nitrogens with one attached hydrogen (secondary N) is 1. The molecule has 20 heavy (non-hydrogen) atoms. The van der Waals surface area contributed by atoms with Gasteiger partial charge in [0.05, 0.1) is 11.3 Å². The van der Waals surface area contributed by atoms with Crippen LogP contribution < -0.4 is 5.32 Å². The standard InChI is InChI=1S/C12H9F3N2O2S/c1-16-9-8(17-20-10(9)11(18)19)6-3-2-4-7(5-6)12(13,14)15/h2-5,16H,1H3,(H,18,19). The summed E-state index contributed by atoms with van der Waals surface area (Å²) >= 11 is 0.724. The number of carbonyl (C=O) groups is 1. The Hall–Kier alpha value is -2.09. The van der Waals surface area contributed by atoms with Gasteiger partial charge in [0.2, 0.25) is 0 Å². The van der Waals surface area contributed by atoms with Crippen molar-refractivity contribution in [2.24, 2.45) is 0 Å². The maximum Gasteiger partial charge on any atom is 0.416 e. The van der Waals surface area contributed by atoms with Crippen molar-refractivity contribution < 1.29 is 23.1 Å². The van der Waals surface area contributed by atoms with Crippen molar-refractivity contribution in [3.05, 3.63) is 34.7 Å². The highest BCUT2D eigenvalue weighted by atomic mass is 32.1. The number of carboxylic acid groups (broad SMARTS) is 1. The van der Waals surface area contributed by atoms with Crippen molar-refractivity contribution >= 4 is 23.2 Å². The molecule has 0 spiro atoms. The predicted molar refractivity (Wildman–Crippen MR) is 69.1 cm³/mol. The number of benzene rings is 1. The molecule has 2 N–H and O–H groups in total. The van der Waals surface area contributed by atoms with E-state index in [1.54, 1.807) is 0 Å². The van der Waals surface area contributed by atoms with Gasteiger partial charge in [-0.3, -0.25) is 0 Å². The number of anilines is 1.